The summed E-state index contributed by atoms with van der Waals surface area (Å²) in [6, 6.07) is 13.0. The zero-order chi connectivity index (χ0) is 33.5. The molecule has 15 heteroatoms. The third-order valence-corrected chi connectivity index (χ3v) is 9.79. The highest BCUT2D eigenvalue weighted by Crippen LogP contribution is 2.25. The van der Waals surface area contributed by atoms with Gasteiger partial charge in [-0.3, -0.25) is 9.59 Å². The first-order valence-electron chi connectivity index (χ1n) is 13.9. The number of hydrogen-bond donors (Lipinski definition) is 4. The van der Waals surface area contributed by atoms with Crippen LogP contribution in [0.1, 0.15) is 33.3 Å². The van der Waals surface area contributed by atoms with Gasteiger partial charge < -0.3 is 15.7 Å². The number of nitrogens with one attached hydrogen (secondary N) is 3. The summed E-state index contributed by atoms with van der Waals surface area (Å²) in [5, 5.41) is 15.9. The second-order valence-corrected chi connectivity index (χ2v) is 14.5. The summed E-state index contributed by atoms with van der Waals surface area (Å²) in [4.78, 5) is 22.2. The summed E-state index contributed by atoms with van der Waals surface area (Å²) in [5.74, 6) is -3.18. The summed E-state index contributed by atoms with van der Waals surface area (Å²) in [6.07, 6.45) is -1.67. The lowest BCUT2D eigenvalue weighted by Gasteiger charge is -2.30. The fraction of sp³-hybridized carbons (Fsp3) is 0.333. The Morgan fingerprint density at radius 2 is 1.31 bits per heavy atom. The van der Waals surface area contributed by atoms with Gasteiger partial charge >= 0.3 is 0 Å². The van der Waals surface area contributed by atoms with Crippen molar-refractivity contribution in [3.63, 3.8) is 0 Å². The highest BCUT2D eigenvalue weighted by Gasteiger charge is 2.33. The molecule has 4 N–H and O–H groups in total. The van der Waals surface area contributed by atoms with E-state index in [9.17, 15) is 40.3 Å². The van der Waals surface area contributed by atoms with Gasteiger partial charge in [-0.2, -0.15) is 4.31 Å². The number of benzene rings is 3. The number of aliphatic hydroxyl groups is 1. The smallest absolute Gasteiger partial charge is 0.243 e. The van der Waals surface area contributed by atoms with E-state index < -0.39 is 67.1 Å². The molecule has 0 unspecified atom stereocenters. The highest BCUT2D eigenvalue weighted by molar-refractivity contribution is 7.89. The van der Waals surface area contributed by atoms with Crippen molar-refractivity contribution in [2.24, 2.45) is 5.92 Å². The van der Waals surface area contributed by atoms with Crippen molar-refractivity contribution in [1.82, 2.24) is 9.03 Å². The number of aliphatic hydroxyl groups excluding tert-OH is 1. The van der Waals surface area contributed by atoms with Gasteiger partial charge in [-0.05, 0) is 54.3 Å². The molecule has 2 amide bonds. The van der Waals surface area contributed by atoms with Crippen LogP contribution in [0.5, 0.6) is 0 Å². The lowest BCUT2D eigenvalue weighted by Crippen LogP contribution is -2.51. The molecule has 0 spiro atoms. The van der Waals surface area contributed by atoms with Crippen molar-refractivity contribution in [1.29, 1.82) is 0 Å². The molecular weight excluding hydrogens is 630 g/mol. The molecule has 0 radical (unpaired) electrons. The predicted molar refractivity (Wildman–Crippen MR) is 165 cm³/mol. The van der Waals surface area contributed by atoms with Crippen LogP contribution in [-0.2, 0) is 36.1 Å². The van der Waals surface area contributed by atoms with Crippen LogP contribution in [0.15, 0.2) is 76.5 Å². The predicted octanol–water partition coefficient (Wildman–Crippen LogP) is 3.48. The van der Waals surface area contributed by atoms with Crippen molar-refractivity contribution in [2.75, 3.05) is 23.7 Å². The van der Waals surface area contributed by atoms with E-state index in [1.165, 1.54) is 0 Å². The zero-order valence-corrected chi connectivity index (χ0v) is 26.8. The molecule has 0 saturated heterocycles. The first-order chi connectivity index (χ1) is 21.0. The van der Waals surface area contributed by atoms with Crippen LogP contribution in [0.4, 0.5) is 20.2 Å². The van der Waals surface area contributed by atoms with Gasteiger partial charge in [0.2, 0.25) is 31.9 Å². The van der Waals surface area contributed by atoms with Crippen LogP contribution in [0, 0.1) is 17.6 Å². The molecule has 3 rings (SSSR count). The van der Waals surface area contributed by atoms with Gasteiger partial charge in [-0.25, -0.2) is 30.3 Å². The minimum absolute atomic E-state index is 0.0558. The summed E-state index contributed by atoms with van der Waals surface area (Å²) in [5.41, 5.74) is -0.0852. The van der Waals surface area contributed by atoms with Crippen LogP contribution in [0.25, 0.3) is 0 Å². The maximum atomic E-state index is 14.3. The second kappa shape index (κ2) is 15.0. The molecule has 0 fully saturated rings. The topological polar surface area (TPSA) is 162 Å². The van der Waals surface area contributed by atoms with Crippen LogP contribution in [-0.4, -0.2) is 63.3 Å². The first kappa shape index (κ1) is 35.7. The van der Waals surface area contributed by atoms with Gasteiger partial charge in [0.25, 0.3) is 0 Å². The number of carbonyl (C=O) groups excluding carboxylic acids is 2. The van der Waals surface area contributed by atoms with Crippen LogP contribution >= 0.6 is 0 Å². The number of amides is 2. The Morgan fingerprint density at radius 3 is 1.82 bits per heavy atom. The molecule has 0 saturated carbocycles. The first-order valence-corrected chi connectivity index (χ1v) is 16.8. The van der Waals surface area contributed by atoms with Crippen molar-refractivity contribution >= 4 is 43.2 Å². The zero-order valence-electron chi connectivity index (χ0n) is 25.1. The molecule has 0 bridgehead atoms. The molecular formula is C30H36F2N4O7S2. The average Bonchev–Trinajstić information content (AvgIpc) is 2.94. The number of halogens is 2. The quantitative estimate of drug-likeness (QED) is 0.205. The highest BCUT2D eigenvalue weighted by atomic mass is 32.2. The number of hydrogen-bond acceptors (Lipinski definition) is 7. The van der Waals surface area contributed by atoms with Crippen molar-refractivity contribution in [3.05, 3.63) is 83.9 Å². The molecule has 0 aliphatic heterocycles. The minimum Gasteiger partial charge on any atom is -0.390 e. The van der Waals surface area contributed by atoms with Gasteiger partial charge in [-0.15, -0.1) is 0 Å². The Bertz CT molecular complexity index is 1740. The largest absolute Gasteiger partial charge is 0.390 e. The Balaban J connectivity index is 2.00. The lowest BCUT2D eigenvalue weighted by atomic mass is 10.0. The lowest BCUT2D eigenvalue weighted by molar-refractivity contribution is -0.115. The van der Waals surface area contributed by atoms with E-state index in [-0.39, 0.29) is 35.2 Å². The molecule has 0 aromatic heterocycles. The molecule has 45 heavy (non-hydrogen) atoms. The average molecular weight is 667 g/mol. The van der Waals surface area contributed by atoms with Crippen molar-refractivity contribution < 1.29 is 40.3 Å². The number of nitrogens with zero attached hydrogens (tertiary/aromatic N) is 1. The second-order valence-electron chi connectivity index (χ2n) is 10.8. The molecule has 0 aliphatic carbocycles. The van der Waals surface area contributed by atoms with Crippen LogP contribution < -0.4 is 15.4 Å². The molecule has 2 atom stereocenters. The number of anilines is 2. The Kier molecular flexibility index (Phi) is 11.9. The molecule has 11 nitrogen and oxygen atoms in total. The van der Waals surface area contributed by atoms with Crippen LogP contribution in [0.3, 0.4) is 0 Å². The molecule has 0 heterocycles. The van der Waals surface area contributed by atoms with Crippen LogP contribution in [0.2, 0.25) is 0 Å². The van der Waals surface area contributed by atoms with Gasteiger partial charge in [-0.1, -0.05) is 44.2 Å². The summed E-state index contributed by atoms with van der Waals surface area (Å²) in [7, 11) is -8.84. The Hall–Kier alpha value is -3.76. The van der Waals surface area contributed by atoms with E-state index in [0.717, 1.165) is 54.6 Å². The summed E-state index contributed by atoms with van der Waals surface area (Å²) < 4.78 is 86.4. The van der Waals surface area contributed by atoms with Gasteiger partial charge in [0.15, 0.2) is 0 Å². The normalized spacial score (nSPS) is 13.4. The molecule has 3 aromatic carbocycles. The third kappa shape index (κ3) is 9.86. The van der Waals surface area contributed by atoms with Gasteiger partial charge in [0.1, 0.15) is 11.6 Å². The van der Waals surface area contributed by atoms with Crippen molar-refractivity contribution in [3.8, 4) is 0 Å². The fourth-order valence-corrected chi connectivity index (χ4v) is 7.41. The Morgan fingerprint density at radius 1 is 0.800 bits per heavy atom. The molecule has 0 aliphatic rings. The van der Waals surface area contributed by atoms with E-state index in [1.54, 1.807) is 44.2 Å². The minimum atomic E-state index is -4.45. The van der Waals surface area contributed by atoms with Crippen molar-refractivity contribution in [2.45, 2.75) is 56.1 Å². The maximum Gasteiger partial charge on any atom is 0.243 e. The SMILES string of the molecule is CC(=O)Nc1cc(S(=O)(=O)N[C@@H](Cc2ccccc2)[C@H](O)CN(CC(C)C)S(=O)(=O)c2ccc(F)c(NC(C)=O)c2)ccc1F. The van der Waals surface area contributed by atoms with E-state index in [4.69, 9.17) is 0 Å². The summed E-state index contributed by atoms with van der Waals surface area (Å²) in [6.45, 7) is 5.11. The maximum absolute atomic E-state index is 14.3. The van der Waals surface area contributed by atoms with E-state index in [0.29, 0.717) is 5.56 Å². The Labute approximate surface area is 261 Å². The molecule has 244 valence electrons. The van der Waals surface area contributed by atoms with E-state index >= 15 is 0 Å². The monoisotopic (exact) mass is 666 g/mol. The standard InChI is InChI=1S/C30H36F2N4O7S2/c1-19(2)17-36(45(42,43)24-11-13-26(32)28(16-24)34-21(4)38)18-30(39)29(14-22-8-6-5-7-9-22)35-44(40,41)23-10-12-25(31)27(15-23)33-20(3)37/h5-13,15-16,19,29-30,35,39H,14,17-18H2,1-4H3,(H,33,37)(H,34,38)/t29-,30+/m0/s1. The summed E-state index contributed by atoms with van der Waals surface area (Å²) >= 11 is 0. The van der Waals surface area contributed by atoms with E-state index in [2.05, 4.69) is 15.4 Å². The number of sulfonamides is 2. The third-order valence-electron chi connectivity index (χ3n) is 6.47. The molecule has 3 aromatic rings. The van der Waals surface area contributed by atoms with Gasteiger partial charge in [0.05, 0.1) is 33.3 Å². The fourth-order valence-electron chi connectivity index (χ4n) is 4.46. The van der Waals surface area contributed by atoms with E-state index in [1.807, 2.05) is 0 Å². The number of rotatable bonds is 14. The van der Waals surface area contributed by atoms with Gasteiger partial charge in [0, 0.05) is 26.9 Å². The number of carbonyl (C=O) groups is 2.